The van der Waals surface area contributed by atoms with E-state index in [9.17, 15) is 14.7 Å². The molecule has 2 aliphatic carbocycles. The summed E-state index contributed by atoms with van der Waals surface area (Å²) in [4.78, 5) is 24.0. The standard InChI is InChI=1S/C15H20N2O3/c18-12-8-9-17(11-6-7-11)13(14(12)19)15(20)16-10-4-2-1-3-5-10/h8-11,19H,1-7H2,(H,16,20). The van der Waals surface area contributed by atoms with Gasteiger partial charge in [0.05, 0.1) is 0 Å². The van der Waals surface area contributed by atoms with Crippen molar-refractivity contribution in [3.05, 3.63) is 28.2 Å². The van der Waals surface area contributed by atoms with Gasteiger partial charge in [0, 0.05) is 24.3 Å². The van der Waals surface area contributed by atoms with Gasteiger partial charge < -0.3 is 15.0 Å². The van der Waals surface area contributed by atoms with Crippen LogP contribution in [0.5, 0.6) is 5.75 Å². The van der Waals surface area contributed by atoms with Gasteiger partial charge in [-0.2, -0.15) is 0 Å². The highest BCUT2D eigenvalue weighted by Gasteiger charge is 2.30. The molecule has 0 bridgehead atoms. The maximum Gasteiger partial charge on any atom is 0.272 e. The first kappa shape index (κ1) is 13.2. The summed E-state index contributed by atoms with van der Waals surface area (Å²) in [5, 5.41) is 12.9. The first-order valence-electron chi connectivity index (χ1n) is 7.42. The predicted molar refractivity (Wildman–Crippen MR) is 75.0 cm³/mol. The highest BCUT2D eigenvalue weighted by atomic mass is 16.3. The first-order valence-corrected chi connectivity index (χ1v) is 7.42. The molecule has 1 aromatic heterocycles. The van der Waals surface area contributed by atoms with Crippen LogP contribution in [0.15, 0.2) is 17.1 Å². The lowest BCUT2D eigenvalue weighted by atomic mass is 9.95. The second kappa shape index (κ2) is 5.31. The van der Waals surface area contributed by atoms with Crippen LogP contribution in [0.25, 0.3) is 0 Å². The second-order valence-corrected chi connectivity index (χ2v) is 5.82. The van der Waals surface area contributed by atoms with Gasteiger partial charge in [-0.25, -0.2) is 0 Å². The van der Waals surface area contributed by atoms with E-state index in [1.807, 2.05) is 0 Å². The van der Waals surface area contributed by atoms with Crippen molar-refractivity contribution in [1.82, 2.24) is 9.88 Å². The molecule has 0 atom stereocenters. The second-order valence-electron chi connectivity index (χ2n) is 5.82. The van der Waals surface area contributed by atoms with Gasteiger partial charge in [0.1, 0.15) is 0 Å². The van der Waals surface area contributed by atoms with Gasteiger partial charge in [-0.15, -0.1) is 0 Å². The Balaban J connectivity index is 1.85. The Bertz CT molecular complexity index is 569. The lowest BCUT2D eigenvalue weighted by Crippen LogP contribution is -2.38. The Labute approximate surface area is 117 Å². The summed E-state index contributed by atoms with van der Waals surface area (Å²) < 4.78 is 1.74. The summed E-state index contributed by atoms with van der Waals surface area (Å²) in [5.41, 5.74) is -0.360. The third-order valence-corrected chi connectivity index (χ3v) is 4.20. The van der Waals surface area contributed by atoms with E-state index >= 15 is 0 Å². The zero-order valence-electron chi connectivity index (χ0n) is 11.5. The largest absolute Gasteiger partial charge is 0.503 e. The van der Waals surface area contributed by atoms with E-state index in [1.165, 1.54) is 12.5 Å². The van der Waals surface area contributed by atoms with Gasteiger partial charge in [-0.3, -0.25) is 9.59 Å². The molecule has 2 N–H and O–H groups in total. The Kier molecular flexibility index (Phi) is 3.51. The molecule has 0 aromatic carbocycles. The van der Waals surface area contributed by atoms with Gasteiger partial charge in [0.25, 0.3) is 5.91 Å². The van der Waals surface area contributed by atoms with E-state index in [2.05, 4.69) is 5.32 Å². The van der Waals surface area contributed by atoms with Crippen LogP contribution in [0, 0.1) is 0 Å². The molecular weight excluding hydrogens is 256 g/mol. The molecule has 0 spiro atoms. The van der Waals surface area contributed by atoms with Gasteiger partial charge in [-0.05, 0) is 25.7 Å². The number of amides is 1. The van der Waals surface area contributed by atoms with E-state index < -0.39 is 11.2 Å². The lowest BCUT2D eigenvalue weighted by Gasteiger charge is -2.23. The van der Waals surface area contributed by atoms with E-state index in [0.29, 0.717) is 0 Å². The van der Waals surface area contributed by atoms with E-state index in [0.717, 1.165) is 38.5 Å². The molecule has 5 heteroatoms. The molecule has 0 saturated heterocycles. The first-order chi connectivity index (χ1) is 9.66. The molecule has 3 rings (SSSR count). The van der Waals surface area contributed by atoms with Gasteiger partial charge >= 0.3 is 0 Å². The minimum atomic E-state index is -0.490. The lowest BCUT2D eigenvalue weighted by molar-refractivity contribution is 0.0913. The monoisotopic (exact) mass is 276 g/mol. The van der Waals surface area contributed by atoms with Crippen LogP contribution < -0.4 is 10.7 Å². The maximum atomic E-state index is 12.4. The summed E-state index contributed by atoms with van der Waals surface area (Å²) in [5.74, 6) is -0.744. The minimum Gasteiger partial charge on any atom is -0.503 e. The number of nitrogens with zero attached hydrogens (tertiary/aromatic N) is 1. The minimum absolute atomic E-state index is 0.130. The predicted octanol–water partition coefficient (Wildman–Crippen LogP) is 1.95. The summed E-state index contributed by atoms with van der Waals surface area (Å²) in [6.45, 7) is 0. The highest BCUT2D eigenvalue weighted by Crippen LogP contribution is 2.36. The van der Waals surface area contributed by atoms with Gasteiger partial charge in [-0.1, -0.05) is 19.3 Å². The van der Waals surface area contributed by atoms with Crippen molar-refractivity contribution in [2.24, 2.45) is 0 Å². The van der Waals surface area contributed by atoms with Crippen molar-refractivity contribution >= 4 is 5.91 Å². The fraction of sp³-hybridized carbons (Fsp3) is 0.600. The summed E-state index contributed by atoms with van der Waals surface area (Å²) >= 11 is 0. The normalized spacial score (nSPS) is 19.8. The molecule has 0 aliphatic heterocycles. The molecule has 0 radical (unpaired) electrons. The van der Waals surface area contributed by atoms with Crippen molar-refractivity contribution in [1.29, 1.82) is 0 Å². The summed E-state index contributed by atoms with van der Waals surface area (Å²) in [6, 6.07) is 1.73. The number of hydrogen-bond donors (Lipinski definition) is 2. The van der Waals surface area contributed by atoms with Gasteiger partial charge in [0.15, 0.2) is 11.4 Å². The topological polar surface area (TPSA) is 71.3 Å². The third-order valence-electron chi connectivity index (χ3n) is 4.20. The van der Waals surface area contributed by atoms with E-state index in [4.69, 9.17) is 0 Å². The zero-order chi connectivity index (χ0) is 14.1. The Morgan fingerprint density at radius 1 is 1.20 bits per heavy atom. The molecule has 0 unspecified atom stereocenters. The van der Waals surface area contributed by atoms with Crippen LogP contribution >= 0.6 is 0 Å². The molecule has 2 aliphatic rings. The van der Waals surface area contributed by atoms with Gasteiger partial charge in [0.2, 0.25) is 5.43 Å². The van der Waals surface area contributed by atoms with Crippen LogP contribution in [-0.2, 0) is 0 Å². The number of nitrogens with one attached hydrogen (secondary N) is 1. The van der Waals surface area contributed by atoms with Crippen LogP contribution in [-0.4, -0.2) is 21.6 Å². The number of hydrogen-bond acceptors (Lipinski definition) is 3. The van der Waals surface area contributed by atoms with Crippen LogP contribution in [0.1, 0.15) is 61.5 Å². The fourth-order valence-corrected chi connectivity index (χ4v) is 2.92. The summed E-state index contributed by atoms with van der Waals surface area (Å²) in [7, 11) is 0. The molecule has 1 heterocycles. The average Bonchev–Trinajstić information content (AvgIpc) is 3.27. The molecule has 2 saturated carbocycles. The van der Waals surface area contributed by atoms with Crippen LogP contribution in [0.4, 0.5) is 0 Å². The molecular formula is C15H20N2O3. The zero-order valence-corrected chi connectivity index (χ0v) is 11.5. The van der Waals surface area contributed by atoms with Crippen molar-refractivity contribution in [3.63, 3.8) is 0 Å². The van der Waals surface area contributed by atoms with Crippen molar-refractivity contribution in [2.75, 3.05) is 0 Å². The number of aromatic nitrogens is 1. The quantitative estimate of drug-likeness (QED) is 0.886. The third kappa shape index (κ3) is 2.57. The molecule has 108 valence electrons. The highest BCUT2D eigenvalue weighted by molar-refractivity contribution is 5.95. The Morgan fingerprint density at radius 3 is 2.55 bits per heavy atom. The number of rotatable bonds is 3. The van der Waals surface area contributed by atoms with Crippen LogP contribution in [0.2, 0.25) is 0 Å². The van der Waals surface area contributed by atoms with Crippen molar-refractivity contribution in [2.45, 2.75) is 57.0 Å². The average molecular weight is 276 g/mol. The number of pyridine rings is 1. The molecule has 1 amide bonds. The van der Waals surface area contributed by atoms with E-state index in [-0.39, 0.29) is 23.7 Å². The van der Waals surface area contributed by atoms with Crippen LogP contribution in [0.3, 0.4) is 0 Å². The summed E-state index contributed by atoms with van der Waals surface area (Å²) in [6.07, 6.45) is 9.03. The Morgan fingerprint density at radius 2 is 1.90 bits per heavy atom. The smallest absolute Gasteiger partial charge is 0.272 e. The number of aromatic hydroxyl groups is 1. The van der Waals surface area contributed by atoms with Crippen molar-refractivity contribution < 1.29 is 9.90 Å². The van der Waals surface area contributed by atoms with E-state index in [1.54, 1.807) is 10.8 Å². The number of carbonyl (C=O) groups is 1. The molecule has 1 aromatic rings. The Hall–Kier alpha value is -1.78. The molecule has 5 nitrogen and oxygen atoms in total. The fourth-order valence-electron chi connectivity index (χ4n) is 2.92. The van der Waals surface area contributed by atoms with Crippen molar-refractivity contribution in [3.8, 4) is 5.75 Å². The maximum absolute atomic E-state index is 12.4. The molecule has 20 heavy (non-hydrogen) atoms. The molecule has 2 fully saturated rings. The number of carbonyl (C=O) groups excluding carboxylic acids is 1. The SMILES string of the molecule is O=C(NC1CCCCC1)c1c(O)c(=O)ccn1C1CC1.